The molecule has 0 fully saturated rings. The highest BCUT2D eigenvalue weighted by molar-refractivity contribution is 7.11. The summed E-state index contributed by atoms with van der Waals surface area (Å²) in [5.74, 6) is 0.604. The summed E-state index contributed by atoms with van der Waals surface area (Å²) < 4.78 is 5.51. The summed E-state index contributed by atoms with van der Waals surface area (Å²) in [7, 11) is 0. The van der Waals surface area contributed by atoms with Gasteiger partial charge in [0.2, 0.25) is 0 Å². The molecule has 0 saturated heterocycles. The lowest BCUT2D eigenvalue weighted by atomic mass is 10.1. The molecule has 1 N–H and O–H groups in total. The zero-order valence-electron chi connectivity index (χ0n) is 11.5. The van der Waals surface area contributed by atoms with Gasteiger partial charge in [-0.3, -0.25) is 0 Å². The molecule has 17 heavy (non-hydrogen) atoms. The number of aryl methyl sites for hydroxylation is 1. The Hall–Kier alpha value is -0.380. The third kappa shape index (κ3) is 5.19. The first kappa shape index (κ1) is 14.7. The topological polar surface area (TPSA) is 21.3 Å². The molecule has 1 rings (SSSR count). The van der Waals surface area contributed by atoms with E-state index in [0.717, 1.165) is 26.2 Å². The number of hydrogen-bond acceptors (Lipinski definition) is 3. The fraction of sp³-hybridized carbons (Fsp3) is 0.714. The van der Waals surface area contributed by atoms with Crippen molar-refractivity contribution in [1.29, 1.82) is 0 Å². The van der Waals surface area contributed by atoms with Crippen molar-refractivity contribution in [3.63, 3.8) is 0 Å². The van der Waals surface area contributed by atoms with Crippen molar-refractivity contribution < 1.29 is 4.74 Å². The van der Waals surface area contributed by atoms with Gasteiger partial charge in [-0.05, 0) is 31.4 Å². The van der Waals surface area contributed by atoms with Crippen LogP contribution in [0.1, 0.15) is 37.4 Å². The van der Waals surface area contributed by atoms with E-state index in [1.165, 1.54) is 9.75 Å². The molecular formula is C14H25NOS. The van der Waals surface area contributed by atoms with Crippen LogP contribution in [-0.4, -0.2) is 19.3 Å². The van der Waals surface area contributed by atoms with Gasteiger partial charge >= 0.3 is 0 Å². The molecule has 1 heterocycles. The summed E-state index contributed by atoms with van der Waals surface area (Å²) in [6.45, 7) is 11.3. The SMILES string of the molecule is CCOCC(NCc1ccc(CC)s1)C(C)C. The van der Waals surface area contributed by atoms with Crippen molar-refractivity contribution in [2.45, 2.75) is 46.7 Å². The van der Waals surface area contributed by atoms with E-state index in [2.05, 4.69) is 38.2 Å². The van der Waals surface area contributed by atoms with Crippen LogP contribution < -0.4 is 5.32 Å². The summed E-state index contributed by atoms with van der Waals surface area (Å²) in [6, 6.07) is 4.91. The molecule has 0 aromatic carbocycles. The second-order valence-electron chi connectivity index (χ2n) is 4.61. The van der Waals surface area contributed by atoms with Crippen LogP contribution in [0, 0.1) is 5.92 Å². The van der Waals surface area contributed by atoms with Crippen molar-refractivity contribution in [1.82, 2.24) is 5.32 Å². The Balaban J connectivity index is 2.40. The van der Waals surface area contributed by atoms with Crippen molar-refractivity contribution in [3.05, 3.63) is 21.9 Å². The molecule has 0 aliphatic heterocycles. The maximum atomic E-state index is 5.51. The molecule has 0 aliphatic rings. The van der Waals surface area contributed by atoms with Crippen molar-refractivity contribution in [2.75, 3.05) is 13.2 Å². The van der Waals surface area contributed by atoms with Crippen LogP contribution in [0.4, 0.5) is 0 Å². The molecule has 0 saturated carbocycles. The van der Waals surface area contributed by atoms with Crippen LogP contribution in [0.25, 0.3) is 0 Å². The van der Waals surface area contributed by atoms with Gasteiger partial charge in [-0.25, -0.2) is 0 Å². The average Bonchev–Trinajstić information content (AvgIpc) is 2.76. The lowest BCUT2D eigenvalue weighted by molar-refractivity contribution is 0.108. The Bertz CT molecular complexity index is 309. The molecule has 0 spiro atoms. The van der Waals surface area contributed by atoms with Gasteiger partial charge in [0, 0.05) is 28.9 Å². The van der Waals surface area contributed by atoms with Gasteiger partial charge in [0.05, 0.1) is 6.61 Å². The Labute approximate surface area is 109 Å². The molecule has 1 atom stereocenters. The van der Waals surface area contributed by atoms with Gasteiger partial charge in [-0.2, -0.15) is 0 Å². The van der Waals surface area contributed by atoms with Crippen LogP contribution in [0.2, 0.25) is 0 Å². The van der Waals surface area contributed by atoms with Crippen LogP contribution in [0.3, 0.4) is 0 Å². The Morgan fingerprint density at radius 3 is 2.47 bits per heavy atom. The van der Waals surface area contributed by atoms with Gasteiger partial charge in [0.15, 0.2) is 0 Å². The van der Waals surface area contributed by atoms with Crippen LogP contribution in [-0.2, 0) is 17.7 Å². The van der Waals surface area contributed by atoms with E-state index in [1.807, 2.05) is 18.3 Å². The highest BCUT2D eigenvalue weighted by Gasteiger charge is 2.12. The number of nitrogens with one attached hydrogen (secondary N) is 1. The van der Waals surface area contributed by atoms with E-state index in [4.69, 9.17) is 4.74 Å². The van der Waals surface area contributed by atoms with Gasteiger partial charge < -0.3 is 10.1 Å². The van der Waals surface area contributed by atoms with E-state index in [0.29, 0.717) is 12.0 Å². The third-order valence-corrected chi connectivity index (χ3v) is 4.14. The fourth-order valence-electron chi connectivity index (χ4n) is 1.67. The lowest BCUT2D eigenvalue weighted by Crippen LogP contribution is -2.37. The molecular weight excluding hydrogens is 230 g/mol. The van der Waals surface area contributed by atoms with Gasteiger partial charge in [0.1, 0.15) is 0 Å². The number of thiophene rings is 1. The van der Waals surface area contributed by atoms with Crippen molar-refractivity contribution >= 4 is 11.3 Å². The highest BCUT2D eigenvalue weighted by Crippen LogP contribution is 2.17. The zero-order valence-corrected chi connectivity index (χ0v) is 12.3. The maximum absolute atomic E-state index is 5.51. The lowest BCUT2D eigenvalue weighted by Gasteiger charge is -2.21. The molecule has 0 radical (unpaired) electrons. The van der Waals surface area contributed by atoms with Gasteiger partial charge in [-0.1, -0.05) is 20.8 Å². The minimum atomic E-state index is 0.446. The monoisotopic (exact) mass is 255 g/mol. The molecule has 98 valence electrons. The van der Waals surface area contributed by atoms with E-state index in [-0.39, 0.29) is 0 Å². The number of hydrogen-bond donors (Lipinski definition) is 1. The summed E-state index contributed by atoms with van der Waals surface area (Å²) in [4.78, 5) is 2.89. The van der Waals surface area contributed by atoms with Crippen LogP contribution in [0.5, 0.6) is 0 Å². The second kappa shape index (κ2) is 7.85. The summed E-state index contributed by atoms with van der Waals surface area (Å²) in [6.07, 6.45) is 1.14. The van der Waals surface area contributed by atoms with Crippen molar-refractivity contribution in [3.8, 4) is 0 Å². The standard InChI is InChI=1S/C14H25NOS/c1-5-12-7-8-13(17-12)9-15-14(11(3)4)10-16-6-2/h7-8,11,14-15H,5-6,9-10H2,1-4H3. The Morgan fingerprint density at radius 1 is 1.24 bits per heavy atom. The van der Waals surface area contributed by atoms with E-state index in [1.54, 1.807) is 0 Å². The molecule has 0 amide bonds. The number of ether oxygens (including phenoxy) is 1. The summed E-state index contributed by atoms with van der Waals surface area (Å²) >= 11 is 1.91. The highest BCUT2D eigenvalue weighted by atomic mass is 32.1. The number of rotatable bonds is 8. The minimum absolute atomic E-state index is 0.446. The Morgan fingerprint density at radius 2 is 1.94 bits per heavy atom. The van der Waals surface area contributed by atoms with E-state index >= 15 is 0 Å². The smallest absolute Gasteiger partial charge is 0.0622 e. The largest absolute Gasteiger partial charge is 0.380 e. The minimum Gasteiger partial charge on any atom is -0.380 e. The first-order chi connectivity index (χ1) is 8.17. The molecule has 1 aromatic heterocycles. The van der Waals surface area contributed by atoms with E-state index in [9.17, 15) is 0 Å². The third-order valence-electron chi connectivity index (χ3n) is 2.91. The predicted molar refractivity (Wildman–Crippen MR) is 75.7 cm³/mol. The molecule has 0 bridgehead atoms. The predicted octanol–water partition coefficient (Wildman–Crippen LogP) is 3.46. The second-order valence-corrected chi connectivity index (χ2v) is 5.87. The first-order valence-electron chi connectivity index (χ1n) is 6.56. The summed E-state index contributed by atoms with van der Waals surface area (Å²) in [5.41, 5.74) is 0. The van der Waals surface area contributed by atoms with Crippen LogP contribution in [0.15, 0.2) is 12.1 Å². The average molecular weight is 255 g/mol. The zero-order chi connectivity index (χ0) is 12.7. The molecule has 1 aromatic rings. The fourth-order valence-corrected chi connectivity index (χ4v) is 2.58. The molecule has 0 aliphatic carbocycles. The quantitative estimate of drug-likeness (QED) is 0.768. The normalized spacial score (nSPS) is 13.2. The molecule has 1 unspecified atom stereocenters. The molecule has 2 nitrogen and oxygen atoms in total. The maximum Gasteiger partial charge on any atom is 0.0622 e. The van der Waals surface area contributed by atoms with Crippen molar-refractivity contribution in [2.24, 2.45) is 5.92 Å². The van der Waals surface area contributed by atoms with Gasteiger partial charge in [0.25, 0.3) is 0 Å². The van der Waals surface area contributed by atoms with Crippen LogP contribution >= 0.6 is 11.3 Å². The first-order valence-corrected chi connectivity index (χ1v) is 7.37. The van der Waals surface area contributed by atoms with E-state index < -0.39 is 0 Å². The summed E-state index contributed by atoms with van der Waals surface area (Å²) in [5, 5.41) is 3.59. The Kier molecular flexibility index (Phi) is 6.78. The molecule has 3 heteroatoms. The van der Waals surface area contributed by atoms with Gasteiger partial charge in [-0.15, -0.1) is 11.3 Å².